The lowest BCUT2D eigenvalue weighted by Gasteiger charge is -2.29. The van der Waals surface area contributed by atoms with Crippen molar-refractivity contribution in [2.24, 2.45) is 5.92 Å². The van der Waals surface area contributed by atoms with Gasteiger partial charge in [0.15, 0.2) is 0 Å². The van der Waals surface area contributed by atoms with E-state index in [0.29, 0.717) is 37.0 Å². The number of aromatic nitrogens is 3. The van der Waals surface area contributed by atoms with Gasteiger partial charge in [-0.3, -0.25) is 9.78 Å². The SMILES string of the molecule is CC(CNC(=O)CCc1nc(-c2cccnc2)no1)CN1CCCCC1. The van der Waals surface area contributed by atoms with E-state index in [1.54, 1.807) is 12.4 Å². The van der Waals surface area contributed by atoms with Crippen LogP contribution in [0.1, 0.15) is 38.5 Å². The summed E-state index contributed by atoms with van der Waals surface area (Å²) in [5.74, 6) is 1.46. The van der Waals surface area contributed by atoms with Gasteiger partial charge in [-0.1, -0.05) is 18.5 Å². The molecule has 1 aliphatic rings. The molecule has 26 heavy (non-hydrogen) atoms. The topological polar surface area (TPSA) is 84.2 Å². The molecule has 0 spiro atoms. The summed E-state index contributed by atoms with van der Waals surface area (Å²) in [7, 11) is 0. The molecule has 3 rings (SSSR count). The maximum atomic E-state index is 12.1. The average molecular weight is 357 g/mol. The number of carbonyl (C=O) groups excluding carboxylic acids is 1. The first kappa shape index (κ1) is 18.5. The van der Waals surface area contributed by atoms with E-state index in [9.17, 15) is 4.79 Å². The quantitative estimate of drug-likeness (QED) is 0.780. The monoisotopic (exact) mass is 357 g/mol. The number of rotatable bonds is 8. The number of nitrogens with zero attached hydrogens (tertiary/aromatic N) is 4. The molecule has 1 amide bonds. The van der Waals surface area contributed by atoms with Gasteiger partial charge < -0.3 is 14.7 Å². The Morgan fingerprint density at radius 1 is 1.35 bits per heavy atom. The molecule has 1 unspecified atom stereocenters. The maximum Gasteiger partial charge on any atom is 0.227 e. The molecule has 7 nitrogen and oxygen atoms in total. The summed E-state index contributed by atoms with van der Waals surface area (Å²) >= 11 is 0. The van der Waals surface area contributed by atoms with Crippen LogP contribution in [0.3, 0.4) is 0 Å². The van der Waals surface area contributed by atoms with Gasteiger partial charge in [-0.15, -0.1) is 0 Å². The molecule has 0 saturated carbocycles. The minimum absolute atomic E-state index is 0.0246. The van der Waals surface area contributed by atoms with Gasteiger partial charge in [0.25, 0.3) is 0 Å². The van der Waals surface area contributed by atoms with E-state index in [4.69, 9.17) is 4.52 Å². The van der Waals surface area contributed by atoms with Crippen LogP contribution in [0.15, 0.2) is 29.0 Å². The summed E-state index contributed by atoms with van der Waals surface area (Å²) < 4.78 is 5.22. The van der Waals surface area contributed by atoms with Crippen molar-refractivity contribution in [2.45, 2.75) is 39.0 Å². The summed E-state index contributed by atoms with van der Waals surface area (Å²) in [6, 6.07) is 3.70. The molecule has 0 radical (unpaired) electrons. The molecule has 1 fully saturated rings. The molecule has 1 atom stereocenters. The van der Waals surface area contributed by atoms with Gasteiger partial charge in [-0.05, 0) is 44.0 Å². The normalized spacial score (nSPS) is 16.3. The molecular formula is C19H27N5O2. The predicted octanol–water partition coefficient (Wildman–Crippen LogP) is 2.30. The van der Waals surface area contributed by atoms with E-state index in [-0.39, 0.29) is 5.91 Å². The molecule has 3 heterocycles. The summed E-state index contributed by atoms with van der Waals surface area (Å²) in [6.45, 7) is 6.33. The van der Waals surface area contributed by atoms with Crippen molar-refractivity contribution in [3.8, 4) is 11.4 Å². The first-order valence-corrected chi connectivity index (χ1v) is 9.43. The zero-order valence-electron chi connectivity index (χ0n) is 15.4. The van der Waals surface area contributed by atoms with Gasteiger partial charge in [0.05, 0.1) is 0 Å². The van der Waals surface area contributed by atoms with Crippen LogP contribution in [0.2, 0.25) is 0 Å². The molecule has 0 aromatic carbocycles. The molecule has 1 saturated heterocycles. The molecule has 140 valence electrons. The van der Waals surface area contributed by atoms with Crippen LogP contribution < -0.4 is 5.32 Å². The van der Waals surface area contributed by atoms with Crippen LogP contribution >= 0.6 is 0 Å². The van der Waals surface area contributed by atoms with Crippen molar-refractivity contribution in [1.29, 1.82) is 0 Å². The molecule has 2 aromatic heterocycles. The summed E-state index contributed by atoms with van der Waals surface area (Å²) in [4.78, 5) is 22.9. The van der Waals surface area contributed by atoms with Crippen LogP contribution in [0.5, 0.6) is 0 Å². The highest BCUT2D eigenvalue weighted by atomic mass is 16.5. The third-order valence-electron chi connectivity index (χ3n) is 4.62. The number of aryl methyl sites for hydroxylation is 1. The van der Waals surface area contributed by atoms with Crippen LogP contribution in [0, 0.1) is 5.92 Å². The van der Waals surface area contributed by atoms with Crippen LogP contribution in [-0.4, -0.2) is 52.1 Å². The van der Waals surface area contributed by atoms with E-state index >= 15 is 0 Å². The van der Waals surface area contributed by atoms with Crippen molar-refractivity contribution in [2.75, 3.05) is 26.2 Å². The molecule has 0 bridgehead atoms. The van der Waals surface area contributed by atoms with E-state index in [2.05, 4.69) is 32.3 Å². The first-order valence-electron chi connectivity index (χ1n) is 9.43. The maximum absolute atomic E-state index is 12.1. The van der Waals surface area contributed by atoms with Gasteiger partial charge in [0.1, 0.15) is 0 Å². The smallest absolute Gasteiger partial charge is 0.227 e. The van der Waals surface area contributed by atoms with Gasteiger partial charge >= 0.3 is 0 Å². The molecule has 1 N–H and O–H groups in total. The van der Waals surface area contributed by atoms with E-state index in [0.717, 1.165) is 12.1 Å². The van der Waals surface area contributed by atoms with E-state index in [1.165, 1.54) is 32.4 Å². The second-order valence-corrected chi connectivity index (χ2v) is 7.02. The number of hydrogen-bond acceptors (Lipinski definition) is 6. The number of hydrogen-bond donors (Lipinski definition) is 1. The van der Waals surface area contributed by atoms with Gasteiger partial charge in [0, 0.05) is 43.9 Å². The zero-order valence-corrected chi connectivity index (χ0v) is 15.4. The third kappa shape index (κ3) is 5.62. The summed E-state index contributed by atoms with van der Waals surface area (Å²) in [6.07, 6.45) is 8.12. The highest BCUT2D eigenvalue weighted by Gasteiger charge is 2.15. The molecule has 7 heteroatoms. The van der Waals surface area contributed by atoms with Crippen molar-refractivity contribution < 1.29 is 9.32 Å². The van der Waals surface area contributed by atoms with Gasteiger partial charge in [-0.2, -0.15) is 4.98 Å². The predicted molar refractivity (Wildman–Crippen MR) is 98.3 cm³/mol. The Morgan fingerprint density at radius 3 is 2.96 bits per heavy atom. The minimum atomic E-state index is 0.0246. The second-order valence-electron chi connectivity index (χ2n) is 7.02. The van der Waals surface area contributed by atoms with Gasteiger partial charge in [0.2, 0.25) is 17.6 Å². The Hall–Kier alpha value is -2.28. The Bertz CT molecular complexity index is 682. The molecular weight excluding hydrogens is 330 g/mol. The number of nitrogens with one attached hydrogen (secondary N) is 1. The largest absolute Gasteiger partial charge is 0.356 e. The molecule has 0 aliphatic carbocycles. The van der Waals surface area contributed by atoms with Crippen LogP contribution in [-0.2, 0) is 11.2 Å². The Balaban J connectivity index is 1.37. The highest BCUT2D eigenvalue weighted by Crippen LogP contribution is 2.14. The number of likely N-dealkylation sites (tertiary alicyclic amines) is 1. The first-order chi connectivity index (χ1) is 12.7. The third-order valence-corrected chi connectivity index (χ3v) is 4.62. The minimum Gasteiger partial charge on any atom is -0.356 e. The summed E-state index contributed by atoms with van der Waals surface area (Å²) in [5.41, 5.74) is 0.804. The Labute approximate surface area is 154 Å². The van der Waals surface area contributed by atoms with Crippen LogP contribution in [0.4, 0.5) is 0 Å². The van der Waals surface area contributed by atoms with E-state index < -0.39 is 0 Å². The number of carbonyl (C=O) groups is 1. The van der Waals surface area contributed by atoms with E-state index in [1.807, 2.05) is 12.1 Å². The average Bonchev–Trinajstić information content (AvgIpc) is 3.15. The lowest BCUT2D eigenvalue weighted by molar-refractivity contribution is -0.121. The lowest BCUT2D eigenvalue weighted by Crippen LogP contribution is -2.38. The Morgan fingerprint density at radius 2 is 2.19 bits per heavy atom. The fourth-order valence-corrected chi connectivity index (χ4v) is 3.21. The number of amides is 1. The standard InChI is InChI=1S/C19H27N5O2/c1-15(14-24-10-3-2-4-11-24)12-21-17(25)7-8-18-22-19(23-26-18)16-6-5-9-20-13-16/h5-6,9,13,15H,2-4,7-8,10-12,14H2,1H3,(H,21,25). The van der Waals surface area contributed by atoms with Crippen LogP contribution in [0.25, 0.3) is 11.4 Å². The molecule has 2 aromatic rings. The fourth-order valence-electron chi connectivity index (χ4n) is 3.21. The zero-order chi connectivity index (χ0) is 18.2. The number of piperidine rings is 1. The van der Waals surface area contributed by atoms with Crippen molar-refractivity contribution in [1.82, 2.24) is 25.3 Å². The van der Waals surface area contributed by atoms with Crippen molar-refractivity contribution in [3.63, 3.8) is 0 Å². The lowest BCUT2D eigenvalue weighted by atomic mass is 10.1. The second kappa shape index (κ2) is 9.43. The van der Waals surface area contributed by atoms with Gasteiger partial charge in [-0.25, -0.2) is 0 Å². The fraction of sp³-hybridized carbons (Fsp3) is 0.579. The number of pyridine rings is 1. The molecule has 1 aliphatic heterocycles. The van der Waals surface area contributed by atoms with Crippen molar-refractivity contribution >= 4 is 5.91 Å². The Kier molecular flexibility index (Phi) is 6.71. The highest BCUT2D eigenvalue weighted by molar-refractivity contribution is 5.76. The summed E-state index contributed by atoms with van der Waals surface area (Å²) in [5, 5.41) is 6.96. The van der Waals surface area contributed by atoms with Crippen molar-refractivity contribution in [3.05, 3.63) is 30.4 Å².